The first-order valence-electron chi connectivity index (χ1n) is 6.49. The van der Waals surface area contributed by atoms with Crippen LogP contribution in [0.2, 0.25) is 0 Å². The Kier molecular flexibility index (Phi) is 4.00. The van der Waals surface area contributed by atoms with E-state index in [9.17, 15) is 5.11 Å². The quantitative estimate of drug-likeness (QED) is 0.882. The number of rotatable bonds is 4. The van der Waals surface area contributed by atoms with E-state index in [1.54, 1.807) is 12.4 Å². The molecule has 0 bridgehead atoms. The van der Waals surface area contributed by atoms with E-state index in [-0.39, 0.29) is 0 Å². The number of hydrogen-bond donors (Lipinski definition) is 2. The van der Waals surface area contributed by atoms with Gasteiger partial charge in [-0.05, 0) is 43.5 Å². The van der Waals surface area contributed by atoms with E-state index in [1.807, 2.05) is 26.0 Å². The van der Waals surface area contributed by atoms with Crippen molar-refractivity contribution in [2.75, 3.05) is 11.9 Å². The minimum Gasteiger partial charge on any atom is -0.507 e. The highest BCUT2D eigenvalue weighted by molar-refractivity contribution is 5.73. The van der Waals surface area contributed by atoms with Gasteiger partial charge in [0.15, 0.2) is 5.82 Å². The lowest BCUT2D eigenvalue weighted by molar-refractivity contribution is 0.467. The third-order valence-electron chi connectivity index (χ3n) is 3.01. The Balaban J connectivity index is 2.46. The second-order valence-electron chi connectivity index (χ2n) is 4.64. The van der Waals surface area contributed by atoms with Crippen LogP contribution < -0.4 is 5.32 Å². The summed E-state index contributed by atoms with van der Waals surface area (Å²) in [6, 6.07) is 3.87. The third kappa shape index (κ3) is 2.84. The van der Waals surface area contributed by atoms with Gasteiger partial charge in [0.2, 0.25) is 0 Å². The number of nitrogens with zero attached hydrogens (tertiary/aromatic N) is 2. The molecule has 0 spiro atoms. The van der Waals surface area contributed by atoms with Crippen molar-refractivity contribution in [1.82, 2.24) is 9.97 Å². The Morgan fingerprint density at radius 2 is 1.74 bits per heavy atom. The number of nitrogens with one attached hydrogen (secondary N) is 1. The van der Waals surface area contributed by atoms with E-state index in [4.69, 9.17) is 0 Å². The van der Waals surface area contributed by atoms with Crippen molar-refractivity contribution in [3.8, 4) is 17.0 Å². The molecule has 2 N–H and O–H groups in total. The minimum absolute atomic E-state index is 0.343. The minimum atomic E-state index is 0.343. The van der Waals surface area contributed by atoms with E-state index in [1.165, 1.54) is 0 Å². The molecular weight excluding hydrogens is 238 g/mol. The van der Waals surface area contributed by atoms with Crippen molar-refractivity contribution < 1.29 is 5.11 Å². The van der Waals surface area contributed by atoms with Crippen LogP contribution >= 0.6 is 0 Å². The van der Waals surface area contributed by atoms with Gasteiger partial charge < -0.3 is 10.4 Å². The van der Waals surface area contributed by atoms with E-state index in [2.05, 4.69) is 22.2 Å². The number of aryl methyl sites for hydroxylation is 2. The molecule has 0 amide bonds. The molecule has 1 heterocycles. The van der Waals surface area contributed by atoms with Crippen LogP contribution in [0.25, 0.3) is 11.3 Å². The molecule has 0 unspecified atom stereocenters. The van der Waals surface area contributed by atoms with Gasteiger partial charge in [-0.3, -0.25) is 4.98 Å². The van der Waals surface area contributed by atoms with Crippen LogP contribution in [-0.2, 0) is 0 Å². The summed E-state index contributed by atoms with van der Waals surface area (Å²) in [6.07, 6.45) is 4.40. The molecule has 1 aromatic carbocycles. The zero-order valence-corrected chi connectivity index (χ0v) is 11.6. The molecule has 4 nitrogen and oxygen atoms in total. The SMILES string of the molecule is CCCNc1nccnc1-c1cc(C)c(O)c(C)c1. The smallest absolute Gasteiger partial charge is 0.152 e. The van der Waals surface area contributed by atoms with Crippen LogP contribution in [0.5, 0.6) is 5.75 Å². The van der Waals surface area contributed by atoms with Crippen LogP contribution in [0.1, 0.15) is 24.5 Å². The lowest BCUT2D eigenvalue weighted by Gasteiger charge is -2.11. The number of aromatic nitrogens is 2. The van der Waals surface area contributed by atoms with Crippen molar-refractivity contribution >= 4 is 5.82 Å². The molecule has 0 aliphatic rings. The molecule has 19 heavy (non-hydrogen) atoms. The molecule has 2 rings (SSSR count). The number of anilines is 1. The van der Waals surface area contributed by atoms with E-state index >= 15 is 0 Å². The van der Waals surface area contributed by atoms with Gasteiger partial charge in [-0.25, -0.2) is 4.98 Å². The third-order valence-corrected chi connectivity index (χ3v) is 3.01. The highest BCUT2D eigenvalue weighted by Crippen LogP contribution is 2.30. The van der Waals surface area contributed by atoms with E-state index in [0.717, 1.165) is 41.2 Å². The lowest BCUT2D eigenvalue weighted by atomic mass is 10.0. The summed E-state index contributed by atoms with van der Waals surface area (Å²) < 4.78 is 0. The van der Waals surface area contributed by atoms with Gasteiger partial charge in [-0.1, -0.05) is 6.92 Å². The van der Waals surface area contributed by atoms with Crippen molar-refractivity contribution in [3.05, 3.63) is 35.7 Å². The molecule has 0 radical (unpaired) electrons. The van der Waals surface area contributed by atoms with Crippen LogP contribution in [0.3, 0.4) is 0 Å². The fourth-order valence-corrected chi connectivity index (χ4v) is 2.01. The molecule has 0 saturated heterocycles. The highest BCUT2D eigenvalue weighted by Gasteiger charge is 2.10. The van der Waals surface area contributed by atoms with Gasteiger partial charge in [0.1, 0.15) is 11.4 Å². The predicted octanol–water partition coefficient (Wildman–Crippen LogP) is 3.29. The molecule has 100 valence electrons. The number of aromatic hydroxyl groups is 1. The topological polar surface area (TPSA) is 58.0 Å². The van der Waals surface area contributed by atoms with Gasteiger partial charge in [-0.15, -0.1) is 0 Å². The summed E-state index contributed by atoms with van der Waals surface area (Å²) in [5, 5.41) is 13.1. The van der Waals surface area contributed by atoms with Gasteiger partial charge >= 0.3 is 0 Å². The first-order chi connectivity index (χ1) is 9.13. The Morgan fingerprint density at radius 1 is 1.11 bits per heavy atom. The van der Waals surface area contributed by atoms with Crippen LogP contribution in [-0.4, -0.2) is 21.6 Å². The summed E-state index contributed by atoms with van der Waals surface area (Å²) in [4.78, 5) is 8.75. The predicted molar refractivity (Wildman–Crippen MR) is 77.4 cm³/mol. The maximum absolute atomic E-state index is 9.84. The van der Waals surface area contributed by atoms with Crippen molar-refractivity contribution in [2.24, 2.45) is 0 Å². The summed E-state index contributed by atoms with van der Waals surface area (Å²) >= 11 is 0. The highest BCUT2D eigenvalue weighted by atomic mass is 16.3. The molecule has 0 atom stereocenters. The molecule has 2 aromatic rings. The average molecular weight is 257 g/mol. The molecule has 1 aromatic heterocycles. The molecule has 0 saturated carbocycles. The molecular formula is C15H19N3O. The fourth-order valence-electron chi connectivity index (χ4n) is 2.01. The van der Waals surface area contributed by atoms with E-state index in [0.29, 0.717) is 5.75 Å². The monoisotopic (exact) mass is 257 g/mol. The second-order valence-corrected chi connectivity index (χ2v) is 4.64. The average Bonchev–Trinajstić information content (AvgIpc) is 2.42. The standard InChI is InChI=1S/C15H19N3O/c1-4-5-17-15-13(16-6-7-18-15)12-8-10(2)14(19)11(3)9-12/h6-9,19H,4-5H2,1-3H3,(H,17,18). The molecule has 0 fully saturated rings. The largest absolute Gasteiger partial charge is 0.507 e. The van der Waals surface area contributed by atoms with Crippen molar-refractivity contribution in [3.63, 3.8) is 0 Å². The van der Waals surface area contributed by atoms with Crippen molar-refractivity contribution in [1.29, 1.82) is 0 Å². The second kappa shape index (κ2) is 5.69. The van der Waals surface area contributed by atoms with Gasteiger partial charge in [0, 0.05) is 24.5 Å². The lowest BCUT2D eigenvalue weighted by Crippen LogP contribution is -2.04. The van der Waals surface area contributed by atoms with Gasteiger partial charge in [0.25, 0.3) is 0 Å². The Morgan fingerprint density at radius 3 is 2.37 bits per heavy atom. The number of hydrogen-bond acceptors (Lipinski definition) is 4. The zero-order valence-electron chi connectivity index (χ0n) is 11.6. The maximum atomic E-state index is 9.84. The fraction of sp³-hybridized carbons (Fsp3) is 0.333. The van der Waals surface area contributed by atoms with Crippen molar-refractivity contribution in [2.45, 2.75) is 27.2 Å². The van der Waals surface area contributed by atoms with Gasteiger partial charge in [0.05, 0.1) is 0 Å². The normalized spacial score (nSPS) is 10.5. The summed E-state index contributed by atoms with van der Waals surface area (Å²) in [7, 11) is 0. The molecule has 0 aliphatic carbocycles. The van der Waals surface area contributed by atoms with Crippen LogP contribution in [0.4, 0.5) is 5.82 Å². The van der Waals surface area contributed by atoms with Gasteiger partial charge in [-0.2, -0.15) is 0 Å². The molecule has 4 heteroatoms. The number of phenolic OH excluding ortho intramolecular Hbond substituents is 1. The summed E-state index contributed by atoms with van der Waals surface area (Å²) in [5.41, 5.74) is 3.49. The summed E-state index contributed by atoms with van der Waals surface area (Å²) in [6.45, 7) is 6.75. The Bertz CT molecular complexity index is 558. The van der Waals surface area contributed by atoms with E-state index < -0.39 is 0 Å². The summed E-state index contributed by atoms with van der Waals surface area (Å²) in [5.74, 6) is 1.13. The first kappa shape index (κ1) is 13.3. The number of phenols is 1. The van der Waals surface area contributed by atoms with Crippen LogP contribution in [0.15, 0.2) is 24.5 Å². The maximum Gasteiger partial charge on any atom is 0.152 e. The Labute approximate surface area is 113 Å². The van der Waals surface area contributed by atoms with Crippen LogP contribution in [0, 0.1) is 13.8 Å². The molecule has 0 aliphatic heterocycles. The first-order valence-corrected chi connectivity index (χ1v) is 6.49. The Hall–Kier alpha value is -2.10. The zero-order chi connectivity index (χ0) is 13.8. The number of benzene rings is 1.